The lowest BCUT2D eigenvalue weighted by molar-refractivity contribution is -0.151. The van der Waals surface area contributed by atoms with Crippen molar-refractivity contribution in [1.82, 2.24) is 0 Å². The number of allylic oxidation sites excluding steroid dienone is 10. The van der Waals surface area contributed by atoms with Crippen molar-refractivity contribution in [2.24, 2.45) is 0 Å². The molecular formula is C39H66O4. The number of carbonyl (C=O) groups excluding carboxylic acids is 1. The van der Waals surface area contributed by atoms with Crippen LogP contribution >= 0.6 is 0 Å². The topological polar surface area (TPSA) is 63.6 Å². The van der Waals surface area contributed by atoms with Crippen molar-refractivity contribution in [2.75, 3.05) is 0 Å². The SMILES string of the molecule is CC/C=C\C/C=C\C/C=C\C/C=C\C/C=C\CCCCCC(=O)OC(CCCCCCCCCCCCC)CCC(=O)O. The molecule has 0 radical (unpaired) electrons. The summed E-state index contributed by atoms with van der Waals surface area (Å²) in [6.07, 6.45) is 46.5. The van der Waals surface area contributed by atoms with Gasteiger partial charge in [0.05, 0.1) is 0 Å². The zero-order chi connectivity index (χ0) is 31.5. The highest BCUT2D eigenvalue weighted by atomic mass is 16.5. The molecule has 0 aliphatic rings. The number of aliphatic carboxylic acids is 1. The second kappa shape index (κ2) is 34.1. The first kappa shape index (κ1) is 40.6. The van der Waals surface area contributed by atoms with Gasteiger partial charge in [0.25, 0.3) is 0 Å². The van der Waals surface area contributed by atoms with Gasteiger partial charge in [0, 0.05) is 12.8 Å². The fourth-order valence-electron chi connectivity index (χ4n) is 4.90. The van der Waals surface area contributed by atoms with Gasteiger partial charge < -0.3 is 9.84 Å². The van der Waals surface area contributed by atoms with E-state index in [1.165, 1.54) is 57.8 Å². The Labute approximate surface area is 265 Å². The first-order chi connectivity index (χ1) is 21.1. The van der Waals surface area contributed by atoms with Gasteiger partial charge in [-0.1, -0.05) is 145 Å². The van der Waals surface area contributed by atoms with Crippen LogP contribution in [0, 0.1) is 0 Å². The van der Waals surface area contributed by atoms with E-state index in [0.717, 1.165) is 77.0 Å². The first-order valence-corrected chi connectivity index (χ1v) is 17.8. The normalized spacial score (nSPS) is 13.0. The third-order valence-corrected chi connectivity index (χ3v) is 7.52. The Morgan fingerprint density at radius 1 is 0.535 bits per heavy atom. The van der Waals surface area contributed by atoms with Crippen LogP contribution in [0.25, 0.3) is 0 Å². The number of carboxylic acid groups (broad SMARTS) is 1. The van der Waals surface area contributed by atoms with Crippen LogP contribution in [-0.4, -0.2) is 23.1 Å². The monoisotopic (exact) mass is 598 g/mol. The highest BCUT2D eigenvalue weighted by Crippen LogP contribution is 2.17. The van der Waals surface area contributed by atoms with E-state index in [1.54, 1.807) is 0 Å². The molecule has 0 aromatic heterocycles. The van der Waals surface area contributed by atoms with Crippen LogP contribution in [0.4, 0.5) is 0 Å². The van der Waals surface area contributed by atoms with E-state index in [9.17, 15) is 9.59 Å². The number of unbranched alkanes of at least 4 members (excludes halogenated alkanes) is 13. The maximum atomic E-state index is 12.4. The van der Waals surface area contributed by atoms with E-state index < -0.39 is 5.97 Å². The molecule has 1 atom stereocenters. The van der Waals surface area contributed by atoms with Crippen LogP contribution < -0.4 is 0 Å². The van der Waals surface area contributed by atoms with Gasteiger partial charge in [0.2, 0.25) is 0 Å². The molecule has 4 nitrogen and oxygen atoms in total. The standard InChI is InChI=1S/C39H66O4/c1-3-5-7-9-11-13-15-16-17-18-19-20-21-22-24-26-28-30-32-34-39(42)43-37(35-36-38(40)41)33-31-29-27-25-23-14-12-10-8-6-4-2/h5,7,11,13,16-17,19-20,22,24,37H,3-4,6,8-10,12,14-15,18,21,23,25-36H2,1-2H3,(H,40,41)/b7-5-,13-11-,17-16-,20-19-,24-22-. The molecule has 0 saturated carbocycles. The van der Waals surface area contributed by atoms with E-state index in [2.05, 4.69) is 74.6 Å². The number of hydrogen-bond acceptors (Lipinski definition) is 3. The predicted octanol–water partition coefficient (Wildman–Crippen LogP) is 12.2. The molecule has 0 bridgehead atoms. The van der Waals surface area contributed by atoms with Crippen molar-refractivity contribution in [3.63, 3.8) is 0 Å². The summed E-state index contributed by atoms with van der Waals surface area (Å²) in [5.74, 6) is -0.997. The van der Waals surface area contributed by atoms with Gasteiger partial charge in [0.15, 0.2) is 0 Å². The molecule has 246 valence electrons. The third-order valence-electron chi connectivity index (χ3n) is 7.52. The molecule has 0 rings (SSSR count). The Morgan fingerprint density at radius 2 is 1.00 bits per heavy atom. The second-order valence-corrected chi connectivity index (χ2v) is 11.7. The molecule has 0 aliphatic heterocycles. The lowest BCUT2D eigenvalue weighted by Gasteiger charge is -2.17. The van der Waals surface area contributed by atoms with Crippen molar-refractivity contribution < 1.29 is 19.4 Å². The fourth-order valence-corrected chi connectivity index (χ4v) is 4.90. The van der Waals surface area contributed by atoms with Gasteiger partial charge in [-0.05, 0) is 70.6 Å². The lowest BCUT2D eigenvalue weighted by atomic mass is 10.0. The summed E-state index contributed by atoms with van der Waals surface area (Å²) < 4.78 is 5.70. The molecule has 4 heteroatoms. The highest BCUT2D eigenvalue weighted by Gasteiger charge is 2.15. The molecular weight excluding hydrogens is 532 g/mol. The Hall–Kier alpha value is -2.36. The molecule has 1 unspecified atom stereocenters. The van der Waals surface area contributed by atoms with Crippen LogP contribution in [0.1, 0.15) is 168 Å². The van der Waals surface area contributed by atoms with Gasteiger partial charge in [0.1, 0.15) is 6.10 Å². The molecule has 0 fully saturated rings. The molecule has 43 heavy (non-hydrogen) atoms. The molecule has 0 heterocycles. The molecule has 0 aliphatic carbocycles. The maximum absolute atomic E-state index is 12.4. The van der Waals surface area contributed by atoms with E-state index >= 15 is 0 Å². The minimum Gasteiger partial charge on any atom is -0.481 e. The smallest absolute Gasteiger partial charge is 0.306 e. The molecule has 1 N–H and O–H groups in total. The van der Waals surface area contributed by atoms with E-state index in [0.29, 0.717) is 12.8 Å². The highest BCUT2D eigenvalue weighted by molar-refractivity contribution is 5.69. The van der Waals surface area contributed by atoms with Crippen molar-refractivity contribution in [1.29, 1.82) is 0 Å². The summed E-state index contributed by atoms with van der Waals surface area (Å²) in [7, 11) is 0. The Morgan fingerprint density at radius 3 is 1.51 bits per heavy atom. The first-order valence-electron chi connectivity index (χ1n) is 17.8. The summed E-state index contributed by atoms with van der Waals surface area (Å²) in [5.41, 5.74) is 0. The maximum Gasteiger partial charge on any atom is 0.306 e. The van der Waals surface area contributed by atoms with Crippen molar-refractivity contribution in [2.45, 2.75) is 174 Å². The van der Waals surface area contributed by atoms with Gasteiger partial charge in [-0.25, -0.2) is 0 Å². The summed E-state index contributed by atoms with van der Waals surface area (Å²) in [6.45, 7) is 4.41. The van der Waals surface area contributed by atoms with Crippen molar-refractivity contribution in [3.05, 3.63) is 60.8 Å². The Kier molecular flexibility index (Phi) is 32.3. The number of rotatable bonds is 31. The van der Waals surface area contributed by atoms with Crippen LogP contribution in [0.15, 0.2) is 60.8 Å². The minimum atomic E-state index is -0.824. The number of esters is 1. The van der Waals surface area contributed by atoms with E-state index in [-0.39, 0.29) is 18.5 Å². The Bertz CT molecular complexity index is 774. The zero-order valence-electron chi connectivity index (χ0n) is 28.0. The summed E-state index contributed by atoms with van der Waals surface area (Å²) in [6, 6.07) is 0. The van der Waals surface area contributed by atoms with Crippen LogP contribution in [0.3, 0.4) is 0 Å². The molecule has 0 aromatic rings. The minimum absolute atomic E-state index is 0.0588. The van der Waals surface area contributed by atoms with Crippen LogP contribution in [0.2, 0.25) is 0 Å². The summed E-state index contributed by atoms with van der Waals surface area (Å²) in [5, 5.41) is 9.08. The molecule has 0 amide bonds. The summed E-state index contributed by atoms with van der Waals surface area (Å²) in [4.78, 5) is 23.4. The van der Waals surface area contributed by atoms with Crippen LogP contribution in [-0.2, 0) is 14.3 Å². The quantitative estimate of drug-likeness (QED) is 0.0490. The molecule has 0 aromatic carbocycles. The number of hydrogen-bond donors (Lipinski definition) is 1. The van der Waals surface area contributed by atoms with E-state index in [1.807, 2.05) is 0 Å². The Balaban J connectivity index is 3.87. The van der Waals surface area contributed by atoms with Gasteiger partial charge >= 0.3 is 11.9 Å². The summed E-state index contributed by atoms with van der Waals surface area (Å²) >= 11 is 0. The number of carbonyl (C=O) groups is 2. The fraction of sp³-hybridized carbons (Fsp3) is 0.692. The van der Waals surface area contributed by atoms with Crippen molar-refractivity contribution in [3.8, 4) is 0 Å². The van der Waals surface area contributed by atoms with Gasteiger partial charge in [-0.15, -0.1) is 0 Å². The average molecular weight is 599 g/mol. The van der Waals surface area contributed by atoms with E-state index in [4.69, 9.17) is 9.84 Å². The number of ether oxygens (including phenoxy) is 1. The van der Waals surface area contributed by atoms with Crippen molar-refractivity contribution >= 4 is 11.9 Å². The zero-order valence-corrected chi connectivity index (χ0v) is 28.0. The predicted molar refractivity (Wildman–Crippen MR) is 185 cm³/mol. The third kappa shape index (κ3) is 34.0. The molecule has 0 spiro atoms. The van der Waals surface area contributed by atoms with Gasteiger partial charge in [-0.3, -0.25) is 9.59 Å². The molecule has 0 saturated heterocycles. The van der Waals surface area contributed by atoms with Crippen LogP contribution in [0.5, 0.6) is 0 Å². The van der Waals surface area contributed by atoms with Gasteiger partial charge in [-0.2, -0.15) is 0 Å². The lowest BCUT2D eigenvalue weighted by Crippen LogP contribution is -2.19. The largest absolute Gasteiger partial charge is 0.481 e. The average Bonchev–Trinajstić information content (AvgIpc) is 2.99. The number of carboxylic acids is 1. The second-order valence-electron chi connectivity index (χ2n) is 11.7.